The molecular formula is C28H45N. The Kier molecular flexibility index (Phi) is 12.1. The van der Waals surface area contributed by atoms with Crippen LogP contribution in [0.3, 0.4) is 0 Å². The van der Waals surface area contributed by atoms with Gasteiger partial charge in [-0.2, -0.15) is 5.26 Å². The van der Waals surface area contributed by atoms with Gasteiger partial charge in [-0.05, 0) is 87.9 Å². The number of nitriles is 1. The van der Waals surface area contributed by atoms with Gasteiger partial charge in [0.15, 0.2) is 0 Å². The fraction of sp³-hybridized carbons (Fsp3) is 0.750. The number of rotatable bonds is 12. The molecule has 2 aliphatic carbocycles. The molecule has 0 unspecified atom stereocenters. The Morgan fingerprint density at radius 3 is 2.00 bits per heavy atom. The second-order valence-electron chi connectivity index (χ2n) is 9.71. The summed E-state index contributed by atoms with van der Waals surface area (Å²) in [5.41, 5.74) is 1.62. The Morgan fingerprint density at radius 2 is 1.41 bits per heavy atom. The van der Waals surface area contributed by atoms with Crippen LogP contribution in [-0.2, 0) is 0 Å². The van der Waals surface area contributed by atoms with Gasteiger partial charge in [0, 0.05) is 6.08 Å². The lowest BCUT2D eigenvalue weighted by Crippen LogP contribution is -2.23. The molecule has 0 radical (unpaired) electrons. The molecule has 0 aliphatic heterocycles. The maximum Gasteiger partial charge on any atom is 0.0912 e. The molecule has 2 fully saturated rings. The van der Waals surface area contributed by atoms with Crippen LogP contribution in [0.1, 0.15) is 110 Å². The van der Waals surface area contributed by atoms with Crippen LogP contribution in [0, 0.1) is 35.0 Å². The topological polar surface area (TPSA) is 23.8 Å². The van der Waals surface area contributed by atoms with Gasteiger partial charge in [-0.1, -0.05) is 75.8 Å². The number of hydrogen-bond donors (Lipinski definition) is 0. The molecule has 0 heterocycles. The summed E-state index contributed by atoms with van der Waals surface area (Å²) in [5.74, 6) is 3.53. The van der Waals surface area contributed by atoms with Crippen LogP contribution >= 0.6 is 0 Å². The zero-order chi connectivity index (χ0) is 20.7. The number of nitrogens with zero attached hydrogens (tertiary/aromatic N) is 1. The van der Waals surface area contributed by atoms with E-state index < -0.39 is 0 Å². The lowest BCUT2D eigenvalue weighted by molar-refractivity contribution is 0.239. The van der Waals surface area contributed by atoms with E-state index in [9.17, 15) is 0 Å². The van der Waals surface area contributed by atoms with E-state index in [-0.39, 0.29) is 0 Å². The maximum atomic E-state index is 8.49. The smallest absolute Gasteiger partial charge is 0.0912 e. The van der Waals surface area contributed by atoms with Gasteiger partial charge in [-0.15, -0.1) is 0 Å². The second kappa shape index (κ2) is 14.7. The first kappa shape index (κ1) is 24.0. The van der Waals surface area contributed by atoms with Crippen LogP contribution in [-0.4, -0.2) is 0 Å². The Labute approximate surface area is 181 Å². The van der Waals surface area contributed by atoms with Crippen molar-refractivity contribution in [3.63, 3.8) is 0 Å². The van der Waals surface area contributed by atoms with Crippen molar-refractivity contribution in [2.24, 2.45) is 23.7 Å². The molecule has 0 aromatic carbocycles. The summed E-state index contributed by atoms with van der Waals surface area (Å²) < 4.78 is 0. The molecule has 0 saturated heterocycles. The van der Waals surface area contributed by atoms with Crippen molar-refractivity contribution >= 4 is 0 Å². The minimum Gasteiger partial charge on any atom is -0.193 e. The van der Waals surface area contributed by atoms with Gasteiger partial charge in [-0.3, -0.25) is 0 Å². The normalized spacial score (nSPS) is 28.0. The molecule has 0 amide bonds. The molecule has 1 nitrogen and oxygen atoms in total. The summed E-state index contributed by atoms with van der Waals surface area (Å²) in [6.45, 7) is 6.91. The maximum absolute atomic E-state index is 8.49. The minimum absolute atomic E-state index is 0.802. The quantitative estimate of drug-likeness (QED) is 0.140. The second-order valence-corrected chi connectivity index (χ2v) is 9.71. The third kappa shape index (κ3) is 9.37. The number of hydrogen-bond acceptors (Lipinski definition) is 1. The zero-order valence-corrected chi connectivity index (χ0v) is 19.1. The average molecular weight is 396 g/mol. The molecule has 2 aliphatic rings. The fourth-order valence-electron chi connectivity index (χ4n) is 5.62. The van der Waals surface area contributed by atoms with Crippen molar-refractivity contribution in [1.82, 2.24) is 0 Å². The fourth-order valence-corrected chi connectivity index (χ4v) is 5.62. The van der Waals surface area contributed by atoms with Gasteiger partial charge in [0.1, 0.15) is 0 Å². The lowest BCUT2D eigenvalue weighted by atomic mass is 9.70. The van der Waals surface area contributed by atoms with Crippen LogP contribution in [0.2, 0.25) is 0 Å². The van der Waals surface area contributed by atoms with E-state index >= 15 is 0 Å². The first-order valence-electron chi connectivity index (χ1n) is 12.6. The standard InChI is InChI=1S/C28H45N/c1-3-4-5-7-10-13-25-15-19-27(20-16-25)24(2)28-21-17-26(18-22-28)14-11-8-6-9-12-23-29/h6,8-9,12,25-28H,2-5,7,10-11,13-22H2,1H3/b8-6+,12-9+/t25-,26-,27-,28-. The molecule has 0 aromatic heterocycles. The van der Waals surface area contributed by atoms with E-state index in [2.05, 4.69) is 19.6 Å². The zero-order valence-electron chi connectivity index (χ0n) is 19.1. The van der Waals surface area contributed by atoms with Gasteiger partial charge < -0.3 is 0 Å². The Bertz CT molecular complexity index is 533. The highest BCUT2D eigenvalue weighted by molar-refractivity contribution is 5.11. The van der Waals surface area contributed by atoms with Crippen molar-refractivity contribution in [1.29, 1.82) is 5.26 Å². The minimum atomic E-state index is 0.802. The van der Waals surface area contributed by atoms with E-state index in [1.54, 1.807) is 5.57 Å². The Balaban J connectivity index is 1.58. The first-order valence-corrected chi connectivity index (χ1v) is 12.6. The lowest BCUT2D eigenvalue weighted by Gasteiger charge is -2.36. The Morgan fingerprint density at radius 1 is 0.828 bits per heavy atom. The molecule has 29 heavy (non-hydrogen) atoms. The Hall–Kier alpha value is -1.29. The van der Waals surface area contributed by atoms with Crippen molar-refractivity contribution < 1.29 is 0 Å². The summed E-state index contributed by atoms with van der Waals surface area (Å²) in [4.78, 5) is 0. The molecule has 0 atom stereocenters. The molecule has 2 rings (SSSR count). The molecule has 0 aromatic rings. The number of allylic oxidation sites excluding steroid dienone is 5. The van der Waals surface area contributed by atoms with Crippen LogP contribution in [0.4, 0.5) is 0 Å². The van der Waals surface area contributed by atoms with Crippen LogP contribution < -0.4 is 0 Å². The van der Waals surface area contributed by atoms with Crippen molar-refractivity contribution in [2.75, 3.05) is 0 Å². The largest absolute Gasteiger partial charge is 0.193 e. The molecular weight excluding hydrogens is 350 g/mol. The molecule has 0 N–H and O–H groups in total. The predicted octanol–water partition coefficient (Wildman–Crippen LogP) is 8.93. The first-order chi connectivity index (χ1) is 14.2. The van der Waals surface area contributed by atoms with Gasteiger partial charge in [-0.25, -0.2) is 0 Å². The van der Waals surface area contributed by atoms with Crippen molar-refractivity contribution in [3.8, 4) is 6.07 Å². The van der Waals surface area contributed by atoms with Gasteiger partial charge in [0.05, 0.1) is 6.07 Å². The van der Waals surface area contributed by atoms with E-state index in [4.69, 9.17) is 5.26 Å². The molecule has 1 heteroatoms. The highest BCUT2D eigenvalue weighted by atomic mass is 14.3. The molecule has 0 bridgehead atoms. The van der Waals surface area contributed by atoms with Crippen LogP contribution in [0.5, 0.6) is 0 Å². The highest BCUT2D eigenvalue weighted by Crippen LogP contribution is 2.42. The highest BCUT2D eigenvalue weighted by Gasteiger charge is 2.29. The summed E-state index contributed by atoms with van der Waals surface area (Å²) in [6.07, 6.45) is 29.9. The van der Waals surface area contributed by atoms with E-state index in [0.717, 1.165) is 30.1 Å². The SMILES string of the molecule is C=C([C@H]1CC[C@H](CC/C=C/C=C/C#N)CC1)[C@H]1CC[C@H](CCCCCCC)CC1. The van der Waals surface area contributed by atoms with Gasteiger partial charge >= 0.3 is 0 Å². The summed E-state index contributed by atoms with van der Waals surface area (Å²) in [5, 5.41) is 8.49. The summed E-state index contributed by atoms with van der Waals surface area (Å²) >= 11 is 0. The van der Waals surface area contributed by atoms with E-state index in [0.29, 0.717) is 0 Å². The van der Waals surface area contributed by atoms with Crippen LogP contribution in [0.25, 0.3) is 0 Å². The van der Waals surface area contributed by atoms with Crippen molar-refractivity contribution in [3.05, 3.63) is 36.5 Å². The predicted molar refractivity (Wildman–Crippen MR) is 127 cm³/mol. The summed E-state index contributed by atoms with van der Waals surface area (Å²) in [7, 11) is 0. The molecule has 162 valence electrons. The van der Waals surface area contributed by atoms with Crippen molar-refractivity contribution in [2.45, 2.75) is 110 Å². The third-order valence-corrected chi connectivity index (χ3v) is 7.62. The average Bonchev–Trinajstić information content (AvgIpc) is 2.76. The monoisotopic (exact) mass is 395 g/mol. The van der Waals surface area contributed by atoms with E-state index in [1.165, 1.54) is 102 Å². The van der Waals surface area contributed by atoms with Crippen LogP contribution in [0.15, 0.2) is 36.5 Å². The van der Waals surface area contributed by atoms with Gasteiger partial charge in [0.2, 0.25) is 0 Å². The third-order valence-electron chi connectivity index (χ3n) is 7.62. The number of unbranched alkanes of at least 4 members (excludes halogenated alkanes) is 4. The molecule has 0 spiro atoms. The van der Waals surface area contributed by atoms with E-state index in [1.807, 2.05) is 18.2 Å². The van der Waals surface area contributed by atoms with Gasteiger partial charge in [0.25, 0.3) is 0 Å². The summed E-state index contributed by atoms with van der Waals surface area (Å²) in [6, 6.07) is 2.03. The molecule has 2 saturated carbocycles.